The molecule has 0 N–H and O–H groups in total. The molecule has 0 aromatic heterocycles. The van der Waals surface area contributed by atoms with Crippen LogP contribution in [0.15, 0.2) is 59.6 Å². The van der Waals surface area contributed by atoms with Gasteiger partial charge in [-0.25, -0.2) is 0 Å². The highest BCUT2D eigenvalue weighted by Gasteiger charge is 2.04. The van der Waals surface area contributed by atoms with Gasteiger partial charge in [0.25, 0.3) is 0 Å². The second-order valence-electron chi connectivity index (χ2n) is 4.31. The van der Waals surface area contributed by atoms with Crippen LogP contribution in [0.2, 0.25) is 5.02 Å². The Bertz CT molecular complexity index is 529. The van der Waals surface area contributed by atoms with Crippen molar-refractivity contribution in [3.05, 3.63) is 70.7 Å². The van der Waals surface area contributed by atoms with Crippen molar-refractivity contribution < 1.29 is 0 Å². The second kappa shape index (κ2) is 5.83. The van der Waals surface area contributed by atoms with Gasteiger partial charge in [0, 0.05) is 10.7 Å². The van der Waals surface area contributed by atoms with Gasteiger partial charge in [-0.1, -0.05) is 54.1 Å². The molecule has 0 aliphatic rings. The third kappa shape index (κ3) is 3.21. The summed E-state index contributed by atoms with van der Waals surface area (Å²) >= 11 is 5.88. The van der Waals surface area contributed by atoms with E-state index in [2.05, 4.69) is 19.1 Å². The first-order valence-electron chi connectivity index (χ1n) is 6.02. The van der Waals surface area contributed by atoms with Gasteiger partial charge < -0.3 is 0 Å². The van der Waals surface area contributed by atoms with Crippen LogP contribution in [0.25, 0.3) is 0 Å². The summed E-state index contributed by atoms with van der Waals surface area (Å²) in [5.74, 6) is 0. The minimum Gasteiger partial charge on any atom is -0.282 e. The van der Waals surface area contributed by atoms with Crippen LogP contribution in [0, 0.1) is 0 Å². The molecule has 92 valence electrons. The molecule has 0 heterocycles. The van der Waals surface area contributed by atoms with Gasteiger partial charge in [0.15, 0.2) is 0 Å². The second-order valence-corrected chi connectivity index (χ2v) is 4.74. The third-order valence-electron chi connectivity index (χ3n) is 2.93. The molecule has 0 amide bonds. The maximum absolute atomic E-state index is 5.88. The molecule has 0 spiro atoms. The molecular weight excluding hydrogens is 242 g/mol. The summed E-state index contributed by atoms with van der Waals surface area (Å²) in [6.45, 7) is 4.14. The van der Waals surface area contributed by atoms with Gasteiger partial charge >= 0.3 is 0 Å². The fraction of sp³-hybridized carbons (Fsp3) is 0.188. The Morgan fingerprint density at radius 3 is 2.22 bits per heavy atom. The highest BCUT2D eigenvalue weighted by Crippen LogP contribution is 2.20. The summed E-state index contributed by atoms with van der Waals surface area (Å²) in [4.78, 5) is 4.72. The lowest BCUT2D eigenvalue weighted by Crippen LogP contribution is -1.98. The fourth-order valence-electron chi connectivity index (χ4n) is 1.86. The van der Waals surface area contributed by atoms with Gasteiger partial charge in [-0.05, 0) is 37.1 Å². The number of aliphatic imine (C=N–C) groups is 1. The molecule has 2 heteroatoms. The SMILES string of the molecule is C/C(=N/C(C)c1ccc(Cl)cc1)c1ccccc1. The van der Waals surface area contributed by atoms with Gasteiger partial charge in [0.05, 0.1) is 6.04 Å². The summed E-state index contributed by atoms with van der Waals surface area (Å²) in [5.41, 5.74) is 3.39. The lowest BCUT2D eigenvalue weighted by molar-refractivity contribution is 0.820. The molecule has 18 heavy (non-hydrogen) atoms. The minimum atomic E-state index is 0.141. The van der Waals surface area contributed by atoms with E-state index in [1.165, 1.54) is 11.1 Å². The predicted octanol–water partition coefficient (Wildman–Crippen LogP) is 4.91. The molecule has 2 aromatic rings. The highest BCUT2D eigenvalue weighted by atomic mass is 35.5. The zero-order valence-corrected chi connectivity index (χ0v) is 11.4. The topological polar surface area (TPSA) is 12.4 Å². The van der Waals surface area contributed by atoms with Gasteiger partial charge in [0.2, 0.25) is 0 Å². The van der Waals surface area contributed by atoms with Gasteiger partial charge in [-0.2, -0.15) is 0 Å². The van der Waals surface area contributed by atoms with Crippen LogP contribution >= 0.6 is 11.6 Å². The Morgan fingerprint density at radius 2 is 1.61 bits per heavy atom. The molecule has 1 atom stereocenters. The van der Waals surface area contributed by atoms with Crippen LogP contribution < -0.4 is 0 Å². The zero-order chi connectivity index (χ0) is 13.0. The first-order chi connectivity index (χ1) is 8.66. The normalized spacial score (nSPS) is 13.4. The Morgan fingerprint density at radius 1 is 1.00 bits per heavy atom. The first kappa shape index (κ1) is 12.8. The van der Waals surface area contributed by atoms with Gasteiger partial charge in [-0.3, -0.25) is 4.99 Å². The summed E-state index contributed by atoms with van der Waals surface area (Å²) in [6, 6.07) is 18.2. The van der Waals surface area contributed by atoms with Crippen LogP contribution in [0.4, 0.5) is 0 Å². The molecule has 0 fully saturated rings. The molecular formula is C16H16ClN. The average Bonchev–Trinajstić information content (AvgIpc) is 2.40. The summed E-state index contributed by atoms with van der Waals surface area (Å²) < 4.78 is 0. The molecule has 0 aliphatic carbocycles. The zero-order valence-electron chi connectivity index (χ0n) is 10.6. The minimum absolute atomic E-state index is 0.141. The molecule has 0 bridgehead atoms. The third-order valence-corrected chi connectivity index (χ3v) is 3.18. The van der Waals surface area contributed by atoms with E-state index < -0.39 is 0 Å². The lowest BCUT2D eigenvalue weighted by atomic mass is 10.1. The smallest absolute Gasteiger partial charge is 0.0724 e. The number of hydrogen-bond acceptors (Lipinski definition) is 1. The van der Waals surface area contributed by atoms with Crippen molar-refractivity contribution in [1.29, 1.82) is 0 Å². The lowest BCUT2D eigenvalue weighted by Gasteiger charge is -2.09. The molecule has 2 aromatic carbocycles. The standard InChI is InChI=1S/C16H16ClN/c1-12(14-6-4-3-5-7-14)18-13(2)15-8-10-16(17)11-9-15/h3-11,13H,1-2H3/b18-12-. The maximum Gasteiger partial charge on any atom is 0.0724 e. The summed E-state index contributed by atoms with van der Waals surface area (Å²) in [5, 5.41) is 0.759. The van der Waals surface area contributed by atoms with E-state index in [0.29, 0.717) is 0 Å². The number of nitrogens with zero attached hydrogens (tertiary/aromatic N) is 1. The van der Waals surface area contributed by atoms with E-state index in [0.717, 1.165) is 10.7 Å². The van der Waals surface area contributed by atoms with Crippen molar-refractivity contribution in [1.82, 2.24) is 0 Å². The van der Waals surface area contributed by atoms with Crippen molar-refractivity contribution in [3.63, 3.8) is 0 Å². The van der Waals surface area contributed by atoms with Gasteiger partial charge in [0.1, 0.15) is 0 Å². The summed E-state index contributed by atoms with van der Waals surface area (Å²) in [7, 11) is 0. The number of benzene rings is 2. The van der Waals surface area contributed by atoms with Crippen LogP contribution in [-0.4, -0.2) is 5.71 Å². The monoisotopic (exact) mass is 257 g/mol. The highest BCUT2D eigenvalue weighted by molar-refractivity contribution is 6.30. The Hall–Kier alpha value is -1.60. The van der Waals surface area contributed by atoms with Gasteiger partial charge in [-0.15, -0.1) is 0 Å². The molecule has 0 radical (unpaired) electrons. The maximum atomic E-state index is 5.88. The van der Waals surface area contributed by atoms with E-state index in [4.69, 9.17) is 16.6 Å². The number of halogens is 1. The predicted molar refractivity (Wildman–Crippen MR) is 78.5 cm³/mol. The van der Waals surface area contributed by atoms with Crippen molar-refractivity contribution in [2.45, 2.75) is 19.9 Å². The Labute approximate surface area is 113 Å². The average molecular weight is 258 g/mol. The Balaban J connectivity index is 2.20. The van der Waals surface area contributed by atoms with Crippen molar-refractivity contribution in [2.24, 2.45) is 4.99 Å². The van der Waals surface area contributed by atoms with Crippen LogP contribution in [-0.2, 0) is 0 Å². The fourth-order valence-corrected chi connectivity index (χ4v) is 1.99. The van der Waals surface area contributed by atoms with Crippen LogP contribution in [0.5, 0.6) is 0 Å². The van der Waals surface area contributed by atoms with Crippen molar-refractivity contribution >= 4 is 17.3 Å². The molecule has 0 saturated carbocycles. The molecule has 0 saturated heterocycles. The van der Waals surface area contributed by atoms with Crippen LogP contribution in [0.3, 0.4) is 0 Å². The van der Waals surface area contributed by atoms with E-state index in [1.54, 1.807) is 0 Å². The van der Waals surface area contributed by atoms with E-state index in [-0.39, 0.29) is 6.04 Å². The van der Waals surface area contributed by atoms with Crippen LogP contribution in [0.1, 0.15) is 31.0 Å². The van der Waals surface area contributed by atoms with E-state index >= 15 is 0 Å². The largest absolute Gasteiger partial charge is 0.282 e. The number of hydrogen-bond donors (Lipinski definition) is 0. The number of rotatable bonds is 3. The quantitative estimate of drug-likeness (QED) is 0.693. The molecule has 0 aliphatic heterocycles. The Kier molecular flexibility index (Phi) is 4.16. The van der Waals surface area contributed by atoms with E-state index in [9.17, 15) is 0 Å². The molecule has 1 unspecified atom stereocenters. The summed E-state index contributed by atoms with van der Waals surface area (Å²) in [6.07, 6.45) is 0. The van der Waals surface area contributed by atoms with Crippen molar-refractivity contribution in [3.8, 4) is 0 Å². The molecule has 2 rings (SSSR count). The first-order valence-corrected chi connectivity index (χ1v) is 6.40. The van der Waals surface area contributed by atoms with Crippen molar-refractivity contribution in [2.75, 3.05) is 0 Å². The molecule has 1 nitrogen and oxygen atoms in total. The van der Waals surface area contributed by atoms with E-state index in [1.807, 2.05) is 49.4 Å².